The van der Waals surface area contributed by atoms with Crippen molar-refractivity contribution in [2.24, 2.45) is 5.10 Å². The van der Waals surface area contributed by atoms with Crippen molar-refractivity contribution in [1.29, 1.82) is 0 Å². The monoisotopic (exact) mass is 543 g/mol. The summed E-state index contributed by atoms with van der Waals surface area (Å²) in [6.07, 6.45) is 3.92. The molecule has 5 aromatic rings. The molecule has 0 aliphatic rings. The van der Waals surface area contributed by atoms with Crippen LogP contribution in [-0.4, -0.2) is 16.7 Å². The standard InChI is InChI=1S/C35H30FN3O2/c1-3-9-29-22-26(15-21-34(29)41-24-30-12-7-8-13-32(30)36)23-37-38-35(40)28-16-18-31(19-17-28)39-25(2)14-20-33(39)27-10-5-4-6-11-27/h3-8,10-23H,1,9,24H2,2H3,(H,38,40)/b37-23+. The Balaban J connectivity index is 1.24. The van der Waals surface area contributed by atoms with E-state index in [-0.39, 0.29) is 18.3 Å². The second kappa shape index (κ2) is 12.7. The van der Waals surface area contributed by atoms with Crippen LogP contribution in [0.3, 0.4) is 0 Å². The summed E-state index contributed by atoms with van der Waals surface area (Å²) in [4.78, 5) is 12.8. The average molecular weight is 544 g/mol. The molecule has 0 saturated carbocycles. The van der Waals surface area contributed by atoms with E-state index in [0.717, 1.165) is 33.8 Å². The molecule has 1 N–H and O–H groups in total. The second-order valence-electron chi connectivity index (χ2n) is 9.55. The van der Waals surface area contributed by atoms with E-state index in [1.807, 2.05) is 48.5 Å². The van der Waals surface area contributed by atoms with Gasteiger partial charge >= 0.3 is 0 Å². The van der Waals surface area contributed by atoms with Crippen LogP contribution in [0.25, 0.3) is 16.9 Å². The van der Waals surface area contributed by atoms with E-state index in [4.69, 9.17) is 4.74 Å². The molecule has 5 rings (SSSR count). The predicted molar refractivity (Wildman–Crippen MR) is 162 cm³/mol. The molecule has 0 radical (unpaired) electrons. The SMILES string of the molecule is C=CCc1cc(/C=N/NC(=O)c2ccc(-n3c(C)ccc3-c3ccccc3)cc2)ccc1OCc1ccccc1F. The maximum Gasteiger partial charge on any atom is 0.271 e. The van der Waals surface area contributed by atoms with Gasteiger partial charge in [0.2, 0.25) is 0 Å². The van der Waals surface area contributed by atoms with Crippen molar-refractivity contribution in [2.75, 3.05) is 0 Å². The van der Waals surface area contributed by atoms with Crippen LogP contribution in [0.2, 0.25) is 0 Å². The molecule has 0 spiro atoms. The Kier molecular flexibility index (Phi) is 8.50. The number of hydrogen-bond donors (Lipinski definition) is 1. The van der Waals surface area contributed by atoms with Crippen molar-refractivity contribution in [3.8, 4) is 22.7 Å². The fourth-order valence-electron chi connectivity index (χ4n) is 4.61. The van der Waals surface area contributed by atoms with Gasteiger partial charge in [-0.2, -0.15) is 5.10 Å². The van der Waals surface area contributed by atoms with Gasteiger partial charge in [-0.05, 0) is 90.7 Å². The summed E-state index contributed by atoms with van der Waals surface area (Å²) >= 11 is 0. The molecule has 1 aromatic heterocycles. The third kappa shape index (κ3) is 6.50. The minimum absolute atomic E-state index is 0.122. The molecule has 4 aromatic carbocycles. The zero-order valence-corrected chi connectivity index (χ0v) is 22.8. The molecule has 6 heteroatoms. The summed E-state index contributed by atoms with van der Waals surface area (Å²) in [6.45, 7) is 6.00. The van der Waals surface area contributed by atoms with Crippen molar-refractivity contribution in [2.45, 2.75) is 20.0 Å². The zero-order valence-electron chi connectivity index (χ0n) is 22.8. The van der Waals surface area contributed by atoms with Crippen LogP contribution in [0.15, 0.2) is 127 Å². The highest BCUT2D eigenvalue weighted by atomic mass is 19.1. The third-order valence-corrected chi connectivity index (χ3v) is 6.70. The molecule has 41 heavy (non-hydrogen) atoms. The van der Waals surface area contributed by atoms with E-state index in [9.17, 15) is 9.18 Å². The highest BCUT2D eigenvalue weighted by Gasteiger charge is 2.11. The first-order chi connectivity index (χ1) is 20.0. The van der Waals surface area contributed by atoms with Gasteiger partial charge in [0.1, 0.15) is 18.2 Å². The molecule has 0 bridgehead atoms. The lowest BCUT2D eigenvalue weighted by molar-refractivity contribution is 0.0955. The lowest BCUT2D eigenvalue weighted by atomic mass is 10.1. The summed E-state index contributed by atoms with van der Waals surface area (Å²) in [5.74, 6) is 0.0305. The number of carbonyl (C=O) groups excluding carboxylic acids is 1. The van der Waals surface area contributed by atoms with E-state index in [2.05, 4.69) is 52.9 Å². The van der Waals surface area contributed by atoms with Gasteiger partial charge in [0.15, 0.2) is 0 Å². The maximum absolute atomic E-state index is 14.0. The van der Waals surface area contributed by atoms with Crippen LogP contribution in [-0.2, 0) is 13.0 Å². The number of aryl methyl sites for hydroxylation is 1. The molecule has 5 nitrogen and oxygen atoms in total. The number of ether oxygens (including phenoxy) is 1. The fourth-order valence-corrected chi connectivity index (χ4v) is 4.61. The lowest BCUT2D eigenvalue weighted by Crippen LogP contribution is -2.17. The van der Waals surface area contributed by atoms with Gasteiger partial charge in [0, 0.05) is 22.5 Å². The van der Waals surface area contributed by atoms with Crippen LogP contribution in [0.5, 0.6) is 5.75 Å². The Morgan fingerprint density at radius 2 is 1.68 bits per heavy atom. The van der Waals surface area contributed by atoms with Crippen molar-refractivity contribution in [1.82, 2.24) is 9.99 Å². The molecule has 0 atom stereocenters. The van der Waals surface area contributed by atoms with Gasteiger partial charge in [0.25, 0.3) is 5.91 Å². The molecular formula is C35H30FN3O2. The molecule has 0 aliphatic carbocycles. The van der Waals surface area contributed by atoms with Gasteiger partial charge in [-0.25, -0.2) is 9.82 Å². The molecule has 1 heterocycles. The number of halogens is 1. The molecule has 0 saturated heterocycles. The zero-order chi connectivity index (χ0) is 28.6. The lowest BCUT2D eigenvalue weighted by Gasteiger charge is -2.13. The highest BCUT2D eigenvalue weighted by Crippen LogP contribution is 2.27. The summed E-state index contributed by atoms with van der Waals surface area (Å²) in [7, 11) is 0. The van der Waals surface area contributed by atoms with Gasteiger partial charge in [-0.3, -0.25) is 4.79 Å². The van der Waals surface area contributed by atoms with Gasteiger partial charge in [-0.1, -0.05) is 54.6 Å². The topological polar surface area (TPSA) is 55.6 Å². The molecule has 0 aliphatic heterocycles. The number of rotatable bonds is 10. The van der Waals surface area contributed by atoms with E-state index < -0.39 is 0 Å². The number of aromatic nitrogens is 1. The quantitative estimate of drug-likeness (QED) is 0.112. The number of allylic oxidation sites excluding steroid dienone is 1. The van der Waals surface area contributed by atoms with Gasteiger partial charge in [0.05, 0.1) is 11.9 Å². The van der Waals surface area contributed by atoms with E-state index in [1.165, 1.54) is 6.07 Å². The predicted octanol–water partition coefficient (Wildman–Crippen LogP) is 7.66. The van der Waals surface area contributed by atoms with Crippen molar-refractivity contribution < 1.29 is 13.9 Å². The molecule has 204 valence electrons. The number of nitrogens with one attached hydrogen (secondary N) is 1. The van der Waals surface area contributed by atoms with Crippen LogP contribution < -0.4 is 10.2 Å². The average Bonchev–Trinajstić information content (AvgIpc) is 3.39. The van der Waals surface area contributed by atoms with E-state index >= 15 is 0 Å². The van der Waals surface area contributed by atoms with Gasteiger partial charge in [-0.15, -0.1) is 6.58 Å². The number of carbonyl (C=O) groups is 1. The van der Waals surface area contributed by atoms with Crippen LogP contribution in [0.1, 0.15) is 32.7 Å². The normalized spacial score (nSPS) is 11.0. The first-order valence-corrected chi connectivity index (χ1v) is 13.3. The summed E-state index contributed by atoms with van der Waals surface area (Å²) in [5, 5.41) is 4.15. The number of nitrogens with zero attached hydrogens (tertiary/aromatic N) is 2. The Bertz CT molecular complexity index is 1690. The van der Waals surface area contributed by atoms with Gasteiger partial charge < -0.3 is 9.30 Å². The van der Waals surface area contributed by atoms with E-state index in [0.29, 0.717) is 23.3 Å². The summed E-state index contributed by atoms with van der Waals surface area (Å²) in [5.41, 5.74) is 9.54. The number of hydrogen-bond acceptors (Lipinski definition) is 3. The largest absolute Gasteiger partial charge is 0.489 e. The highest BCUT2D eigenvalue weighted by molar-refractivity contribution is 5.95. The Morgan fingerprint density at radius 1 is 0.927 bits per heavy atom. The minimum Gasteiger partial charge on any atom is -0.489 e. The first kappa shape index (κ1) is 27.3. The van der Waals surface area contributed by atoms with Crippen molar-refractivity contribution in [3.05, 3.63) is 156 Å². The Morgan fingerprint density at radius 3 is 2.44 bits per heavy atom. The van der Waals surface area contributed by atoms with Crippen molar-refractivity contribution in [3.63, 3.8) is 0 Å². The second-order valence-corrected chi connectivity index (χ2v) is 9.55. The molecule has 1 amide bonds. The number of benzene rings is 4. The van der Waals surface area contributed by atoms with Crippen LogP contribution >= 0.6 is 0 Å². The molecular weight excluding hydrogens is 513 g/mol. The maximum atomic E-state index is 14.0. The first-order valence-electron chi connectivity index (χ1n) is 13.3. The number of hydrazone groups is 1. The Labute approximate surface area is 239 Å². The van der Waals surface area contributed by atoms with E-state index in [1.54, 1.807) is 42.6 Å². The Hall–Kier alpha value is -5.23. The summed E-state index contributed by atoms with van der Waals surface area (Å²) < 4.78 is 22.0. The summed E-state index contributed by atoms with van der Waals surface area (Å²) in [6, 6.07) is 33.9. The molecule has 0 unspecified atom stereocenters. The van der Waals surface area contributed by atoms with Crippen LogP contribution in [0.4, 0.5) is 4.39 Å². The minimum atomic E-state index is -0.309. The number of amides is 1. The fraction of sp³-hybridized carbons (Fsp3) is 0.0857. The van der Waals surface area contributed by atoms with Crippen LogP contribution in [0, 0.1) is 12.7 Å². The smallest absolute Gasteiger partial charge is 0.271 e. The third-order valence-electron chi connectivity index (χ3n) is 6.70. The van der Waals surface area contributed by atoms with Crippen molar-refractivity contribution >= 4 is 12.1 Å². The molecule has 0 fully saturated rings.